The van der Waals surface area contributed by atoms with Crippen molar-refractivity contribution < 1.29 is 14.3 Å². The highest BCUT2D eigenvalue weighted by Crippen LogP contribution is 2.31. The van der Waals surface area contributed by atoms with Gasteiger partial charge in [0.05, 0.1) is 24.3 Å². The summed E-state index contributed by atoms with van der Waals surface area (Å²) in [6, 6.07) is 7.49. The lowest BCUT2D eigenvalue weighted by atomic mass is 10.1. The molecule has 2 amide bonds. The van der Waals surface area contributed by atoms with Gasteiger partial charge in [0.2, 0.25) is 11.8 Å². The smallest absolute Gasteiger partial charge is 0.234 e. The topological polar surface area (TPSA) is 67.4 Å². The summed E-state index contributed by atoms with van der Waals surface area (Å²) in [4.78, 5) is 24.4. The number of halogens is 1. The molecule has 0 aliphatic heterocycles. The molecule has 28 heavy (non-hydrogen) atoms. The maximum atomic E-state index is 12.2. The molecule has 150 valence electrons. The van der Waals surface area contributed by atoms with Gasteiger partial charge in [0.15, 0.2) is 0 Å². The number of thioether (sulfide) groups is 1. The Morgan fingerprint density at radius 2 is 1.50 bits per heavy atom. The van der Waals surface area contributed by atoms with Gasteiger partial charge in [-0.15, -0.1) is 11.8 Å². The van der Waals surface area contributed by atoms with Gasteiger partial charge in [-0.05, 0) is 50.5 Å². The molecule has 0 atom stereocenters. The Morgan fingerprint density at radius 3 is 2.07 bits per heavy atom. The zero-order valence-corrected chi connectivity index (χ0v) is 18.3. The van der Waals surface area contributed by atoms with Crippen molar-refractivity contribution in [3.05, 3.63) is 51.5 Å². The van der Waals surface area contributed by atoms with Crippen LogP contribution in [0.2, 0.25) is 5.02 Å². The van der Waals surface area contributed by atoms with Crippen LogP contribution in [0.5, 0.6) is 5.75 Å². The van der Waals surface area contributed by atoms with Crippen LogP contribution in [0, 0.1) is 27.7 Å². The maximum absolute atomic E-state index is 12.2. The third kappa shape index (κ3) is 5.91. The van der Waals surface area contributed by atoms with Crippen molar-refractivity contribution in [2.75, 3.05) is 29.2 Å². The molecular weight excluding hydrogens is 396 g/mol. The first-order chi connectivity index (χ1) is 13.2. The molecule has 0 unspecified atom stereocenters. The van der Waals surface area contributed by atoms with Crippen LogP contribution in [-0.2, 0) is 9.59 Å². The van der Waals surface area contributed by atoms with Gasteiger partial charge < -0.3 is 15.4 Å². The monoisotopic (exact) mass is 420 g/mol. The molecule has 2 N–H and O–H groups in total. The fourth-order valence-corrected chi connectivity index (χ4v) is 3.68. The lowest BCUT2D eigenvalue weighted by molar-refractivity contribution is -0.114. The summed E-state index contributed by atoms with van der Waals surface area (Å²) in [6.45, 7) is 7.82. The summed E-state index contributed by atoms with van der Waals surface area (Å²) in [5, 5.41) is 6.31. The molecule has 2 aromatic rings. The highest BCUT2D eigenvalue weighted by atomic mass is 35.5. The Labute approximate surface area is 175 Å². The summed E-state index contributed by atoms with van der Waals surface area (Å²) in [6.07, 6.45) is 0. The van der Waals surface area contributed by atoms with Crippen LogP contribution < -0.4 is 15.4 Å². The number of rotatable bonds is 7. The molecule has 0 saturated carbocycles. The molecular formula is C21H25ClN2O3S. The normalized spacial score (nSPS) is 10.5. The maximum Gasteiger partial charge on any atom is 0.234 e. The zero-order valence-electron chi connectivity index (χ0n) is 16.7. The number of carbonyl (C=O) groups excluding carboxylic acids is 2. The van der Waals surface area contributed by atoms with E-state index >= 15 is 0 Å². The number of nitrogens with one attached hydrogen (secondary N) is 2. The van der Waals surface area contributed by atoms with Crippen molar-refractivity contribution in [1.82, 2.24) is 0 Å². The lowest BCUT2D eigenvalue weighted by Crippen LogP contribution is -2.19. The number of methoxy groups -OCH3 is 1. The predicted molar refractivity (Wildman–Crippen MR) is 118 cm³/mol. The minimum atomic E-state index is -0.208. The van der Waals surface area contributed by atoms with Gasteiger partial charge in [0, 0.05) is 16.8 Å². The molecule has 7 heteroatoms. The predicted octanol–water partition coefficient (Wildman–Crippen LogP) is 4.89. The van der Waals surface area contributed by atoms with Gasteiger partial charge in [-0.2, -0.15) is 0 Å². The van der Waals surface area contributed by atoms with Gasteiger partial charge in [-0.1, -0.05) is 29.3 Å². The first kappa shape index (κ1) is 22.1. The van der Waals surface area contributed by atoms with Crippen LogP contribution >= 0.6 is 23.4 Å². The van der Waals surface area contributed by atoms with Crippen molar-refractivity contribution in [3.8, 4) is 5.75 Å². The van der Waals surface area contributed by atoms with Crippen LogP contribution in [0.15, 0.2) is 24.3 Å². The van der Waals surface area contributed by atoms with E-state index in [-0.39, 0.29) is 23.3 Å². The van der Waals surface area contributed by atoms with Crippen LogP contribution in [0.25, 0.3) is 0 Å². The number of carbonyl (C=O) groups is 2. The zero-order chi connectivity index (χ0) is 20.8. The van der Waals surface area contributed by atoms with E-state index in [0.717, 1.165) is 27.9 Å². The molecule has 0 spiro atoms. The van der Waals surface area contributed by atoms with E-state index in [2.05, 4.69) is 10.6 Å². The number of aryl methyl sites for hydroxylation is 4. The van der Waals surface area contributed by atoms with Crippen LogP contribution in [0.4, 0.5) is 11.4 Å². The quantitative estimate of drug-likeness (QED) is 0.669. The van der Waals surface area contributed by atoms with Crippen molar-refractivity contribution in [1.29, 1.82) is 0 Å². The Morgan fingerprint density at radius 1 is 0.929 bits per heavy atom. The third-order valence-electron chi connectivity index (χ3n) is 4.16. The molecule has 0 fully saturated rings. The summed E-state index contributed by atoms with van der Waals surface area (Å²) >= 11 is 7.33. The van der Waals surface area contributed by atoms with E-state index in [0.29, 0.717) is 16.5 Å². The first-order valence-electron chi connectivity index (χ1n) is 8.80. The average Bonchev–Trinajstić information content (AvgIpc) is 2.61. The molecule has 0 radical (unpaired) electrons. The van der Waals surface area contributed by atoms with E-state index in [1.807, 2.05) is 39.8 Å². The molecule has 0 bridgehead atoms. The highest BCUT2D eigenvalue weighted by Gasteiger charge is 2.12. The van der Waals surface area contributed by atoms with E-state index in [9.17, 15) is 9.59 Å². The Kier molecular flexibility index (Phi) is 7.78. The van der Waals surface area contributed by atoms with Crippen LogP contribution in [-0.4, -0.2) is 30.4 Å². The lowest BCUT2D eigenvalue weighted by Gasteiger charge is -2.13. The summed E-state index contributed by atoms with van der Waals surface area (Å²) < 4.78 is 5.25. The molecule has 0 aliphatic carbocycles. The number of hydrogen-bond donors (Lipinski definition) is 2. The van der Waals surface area contributed by atoms with Crippen molar-refractivity contribution >= 4 is 46.6 Å². The summed E-state index contributed by atoms with van der Waals surface area (Å²) in [5.41, 5.74) is 5.45. The highest BCUT2D eigenvalue weighted by molar-refractivity contribution is 8.00. The van der Waals surface area contributed by atoms with Crippen LogP contribution in [0.1, 0.15) is 22.3 Å². The van der Waals surface area contributed by atoms with Gasteiger partial charge in [0.1, 0.15) is 5.75 Å². The largest absolute Gasteiger partial charge is 0.495 e. The van der Waals surface area contributed by atoms with Crippen molar-refractivity contribution in [2.24, 2.45) is 0 Å². The number of hydrogen-bond acceptors (Lipinski definition) is 4. The second-order valence-corrected chi connectivity index (χ2v) is 8.06. The fraction of sp³-hybridized carbons (Fsp3) is 0.333. The molecule has 5 nitrogen and oxygen atoms in total. The number of amides is 2. The number of ether oxygens (including phenoxy) is 1. The third-order valence-corrected chi connectivity index (χ3v) is 5.50. The fourth-order valence-electron chi connectivity index (χ4n) is 2.91. The second kappa shape index (κ2) is 9.85. The van der Waals surface area contributed by atoms with Gasteiger partial charge in [0.25, 0.3) is 0 Å². The van der Waals surface area contributed by atoms with Gasteiger partial charge in [-0.25, -0.2) is 0 Å². The molecule has 2 aromatic carbocycles. The first-order valence-corrected chi connectivity index (χ1v) is 10.3. The van der Waals surface area contributed by atoms with E-state index in [4.69, 9.17) is 16.3 Å². The number of benzene rings is 2. The van der Waals surface area contributed by atoms with E-state index in [1.165, 1.54) is 18.9 Å². The molecule has 0 heterocycles. The van der Waals surface area contributed by atoms with Crippen molar-refractivity contribution in [3.63, 3.8) is 0 Å². The average molecular weight is 421 g/mol. The second-order valence-electron chi connectivity index (χ2n) is 6.66. The Balaban J connectivity index is 1.87. The molecule has 0 aliphatic rings. The standard InChI is InChI=1S/C21H25ClN2O3S/c1-12-6-14(3)21(15(4)7-12)24-20(26)11-28-10-19(25)23-17-8-13(2)16(22)9-18(17)27-5/h6-9H,10-11H2,1-5H3,(H,23,25)(H,24,26). The minimum Gasteiger partial charge on any atom is -0.495 e. The van der Waals surface area contributed by atoms with Crippen LogP contribution in [0.3, 0.4) is 0 Å². The summed E-state index contributed by atoms with van der Waals surface area (Å²) in [7, 11) is 1.52. The molecule has 2 rings (SSSR count). The SMILES string of the molecule is COc1cc(Cl)c(C)cc1NC(=O)CSCC(=O)Nc1c(C)cc(C)cc1C. The molecule has 0 aromatic heterocycles. The van der Waals surface area contributed by atoms with Gasteiger partial charge >= 0.3 is 0 Å². The number of anilines is 2. The van der Waals surface area contributed by atoms with E-state index < -0.39 is 0 Å². The summed E-state index contributed by atoms with van der Waals surface area (Å²) in [5.74, 6) is 0.506. The van der Waals surface area contributed by atoms with Gasteiger partial charge in [-0.3, -0.25) is 9.59 Å². The molecule has 0 saturated heterocycles. The Bertz CT molecular complexity index is 876. The minimum absolute atomic E-state index is 0.132. The van der Waals surface area contributed by atoms with E-state index in [1.54, 1.807) is 12.1 Å². The Hall–Kier alpha value is -2.18. The van der Waals surface area contributed by atoms with Crippen molar-refractivity contribution in [2.45, 2.75) is 27.7 Å².